The van der Waals surface area contributed by atoms with Crippen molar-refractivity contribution >= 4 is 18.3 Å². The number of halogens is 5. The SMILES string of the molecule is CNCC1CCN(C(=O)c2ccc(F)c(C(F)(F)F)c2)CC1.Cl. The van der Waals surface area contributed by atoms with Crippen LogP contribution in [0.3, 0.4) is 0 Å². The molecule has 130 valence electrons. The molecule has 0 aliphatic carbocycles. The minimum absolute atomic E-state index is 0. The van der Waals surface area contributed by atoms with Crippen LogP contribution < -0.4 is 5.32 Å². The Kier molecular flexibility index (Phi) is 6.83. The van der Waals surface area contributed by atoms with E-state index >= 15 is 0 Å². The average Bonchev–Trinajstić information content (AvgIpc) is 2.47. The van der Waals surface area contributed by atoms with E-state index in [-0.39, 0.29) is 18.0 Å². The molecule has 1 fully saturated rings. The van der Waals surface area contributed by atoms with Gasteiger partial charge in [0.2, 0.25) is 0 Å². The monoisotopic (exact) mass is 354 g/mol. The molecule has 0 spiro atoms. The van der Waals surface area contributed by atoms with Crippen LogP contribution in [0.5, 0.6) is 0 Å². The lowest BCUT2D eigenvalue weighted by molar-refractivity contribution is -0.140. The molecule has 0 saturated carbocycles. The van der Waals surface area contributed by atoms with Crippen molar-refractivity contribution in [3.63, 3.8) is 0 Å². The van der Waals surface area contributed by atoms with Gasteiger partial charge in [-0.2, -0.15) is 13.2 Å². The highest BCUT2D eigenvalue weighted by Gasteiger charge is 2.35. The number of rotatable bonds is 3. The smallest absolute Gasteiger partial charge is 0.339 e. The molecule has 1 aliphatic heterocycles. The Morgan fingerprint density at radius 1 is 1.30 bits per heavy atom. The normalized spacial score (nSPS) is 16.1. The third-order valence-corrected chi connectivity index (χ3v) is 3.91. The van der Waals surface area contributed by atoms with E-state index in [0.29, 0.717) is 31.1 Å². The number of benzene rings is 1. The summed E-state index contributed by atoms with van der Waals surface area (Å²) in [5.74, 6) is -1.38. The summed E-state index contributed by atoms with van der Waals surface area (Å²) >= 11 is 0. The van der Waals surface area contributed by atoms with Crippen LogP contribution in [0.1, 0.15) is 28.8 Å². The molecular weight excluding hydrogens is 336 g/mol. The van der Waals surface area contributed by atoms with Crippen molar-refractivity contribution in [2.75, 3.05) is 26.7 Å². The number of nitrogens with one attached hydrogen (secondary N) is 1. The summed E-state index contributed by atoms with van der Waals surface area (Å²) in [7, 11) is 1.86. The summed E-state index contributed by atoms with van der Waals surface area (Å²) in [6, 6.07) is 2.40. The Labute approximate surface area is 138 Å². The van der Waals surface area contributed by atoms with Gasteiger partial charge in [-0.15, -0.1) is 12.4 Å². The number of carbonyl (C=O) groups is 1. The highest BCUT2D eigenvalue weighted by atomic mass is 35.5. The summed E-state index contributed by atoms with van der Waals surface area (Å²) < 4.78 is 51.4. The van der Waals surface area contributed by atoms with Gasteiger partial charge in [-0.25, -0.2) is 4.39 Å². The largest absolute Gasteiger partial charge is 0.419 e. The number of hydrogen-bond donors (Lipinski definition) is 1. The van der Waals surface area contributed by atoms with Crippen LogP contribution >= 0.6 is 12.4 Å². The Morgan fingerprint density at radius 2 is 1.91 bits per heavy atom. The molecule has 0 radical (unpaired) electrons. The third-order valence-electron chi connectivity index (χ3n) is 3.91. The highest BCUT2D eigenvalue weighted by molar-refractivity contribution is 5.94. The lowest BCUT2D eigenvalue weighted by atomic mass is 9.96. The number of amides is 1. The summed E-state index contributed by atoms with van der Waals surface area (Å²) in [6.45, 7) is 1.87. The number of likely N-dealkylation sites (tertiary alicyclic amines) is 1. The first kappa shape index (κ1) is 19.7. The molecule has 1 heterocycles. The minimum atomic E-state index is -4.81. The fourth-order valence-electron chi connectivity index (χ4n) is 2.69. The van der Waals surface area contributed by atoms with Crippen LogP contribution in [0.25, 0.3) is 0 Å². The van der Waals surface area contributed by atoms with Crippen LogP contribution in [0.2, 0.25) is 0 Å². The summed E-state index contributed by atoms with van der Waals surface area (Å²) in [5, 5.41) is 3.07. The second-order valence-electron chi connectivity index (χ2n) is 5.49. The van der Waals surface area contributed by atoms with Gasteiger partial charge in [0.1, 0.15) is 5.82 Å². The maximum Gasteiger partial charge on any atom is 0.419 e. The van der Waals surface area contributed by atoms with E-state index in [4.69, 9.17) is 0 Å². The van der Waals surface area contributed by atoms with E-state index in [1.807, 2.05) is 7.05 Å². The van der Waals surface area contributed by atoms with Gasteiger partial charge in [-0.05, 0) is 50.6 Å². The molecule has 23 heavy (non-hydrogen) atoms. The van der Waals surface area contributed by atoms with Crippen LogP contribution in [-0.2, 0) is 6.18 Å². The van der Waals surface area contributed by atoms with Crippen molar-refractivity contribution in [2.24, 2.45) is 5.92 Å². The van der Waals surface area contributed by atoms with Crippen molar-refractivity contribution in [2.45, 2.75) is 19.0 Å². The van der Waals surface area contributed by atoms with Gasteiger partial charge in [0, 0.05) is 18.7 Å². The number of piperidine rings is 1. The first-order valence-corrected chi connectivity index (χ1v) is 7.13. The average molecular weight is 355 g/mol. The molecule has 3 nitrogen and oxygen atoms in total. The number of hydrogen-bond acceptors (Lipinski definition) is 2. The van der Waals surface area contributed by atoms with E-state index in [1.165, 1.54) is 4.90 Å². The molecule has 1 aliphatic rings. The Bertz CT molecular complexity index is 543. The van der Waals surface area contributed by atoms with Gasteiger partial charge in [0.25, 0.3) is 5.91 Å². The van der Waals surface area contributed by atoms with Crippen molar-refractivity contribution < 1.29 is 22.4 Å². The Morgan fingerprint density at radius 3 is 2.43 bits per heavy atom. The molecular formula is C15H19ClF4N2O. The molecule has 0 aromatic heterocycles. The van der Waals surface area contributed by atoms with E-state index < -0.39 is 23.5 Å². The fraction of sp³-hybridized carbons (Fsp3) is 0.533. The van der Waals surface area contributed by atoms with Gasteiger partial charge in [-0.1, -0.05) is 0 Å². The zero-order chi connectivity index (χ0) is 16.3. The quantitative estimate of drug-likeness (QED) is 0.844. The van der Waals surface area contributed by atoms with E-state index in [0.717, 1.165) is 25.5 Å². The first-order chi connectivity index (χ1) is 10.3. The topological polar surface area (TPSA) is 32.3 Å². The molecule has 8 heteroatoms. The molecule has 0 unspecified atom stereocenters. The van der Waals surface area contributed by atoms with Gasteiger partial charge < -0.3 is 10.2 Å². The fourth-order valence-corrected chi connectivity index (χ4v) is 2.69. The maximum atomic E-state index is 13.3. The van der Waals surface area contributed by atoms with Crippen molar-refractivity contribution in [1.29, 1.82) is 0 Å². The van der Waals surface area contributed by atoms with Gasteiger partial charge in [0.05, 0.1) is 5.56 Å². The predicted octanol–water partition coefficient (Wildman–Crippen LogP) is 3.34. The van der Waals surface area contributed by atoms with Crippen LogP contribution in [0.15, 0.2) is 18.2 Å². The molecule has 1 aromatic rings. The van der Waals surface area contributed by atoms with Crippen LogP contribution in [0.4, 0.5) is 17.6 Å². The lowest BCUT2D eigenvalue weighted by Crippen LogP contribution is -2.40. The van der Waals surface area contributed by atoms with E-state index in [2.05, 4.69) is 5.32 Å². The lowest BCUT2D eigenvalue weighted by Gasteiger charge is -2.32. The predicted molar refractivity (Wildman–Crippen MR) is 81.2 cm³/mol. The Hall–Kier alpha value is -1.34. The second kappa shape index (κ2) is 7.97. The summed E-state index contributed by atoms with van der Waals surface area (Å²) in [5.41, 5.74) is -1.52. The maximum absolute atomic E-state index is 13.3. The number of nitrogens with zero attached hydrogens (tertiary/aromatic N) is 1. The molecule has 2 rings (SSSR count). The number of alkyl halides is 3. The van der Waals surface area contributed by atoms with Crippen molar-refractivity contribution in [3.05, 3.63) is 35.1 Å². The van der Waals surface area contributed by atoms with Crippen molar-refractivity contribution in [3.8, 4) is 0 Å². The van der Waals surface area contributed by atoms with Crippen molar-refractivity contribution in [1.82, 2.24) is 10.2 Å². The van der Waals surface area contributed by atoms with E-state index in [1.54, 1.807) is 0 Å². The molecule has 0 bridgehead atoms. The van der Waals surface area contributed by atoms with Crippen LogP contribution in [0, 0.1) is 11.7 Å². The number of carbonyl (C=O) groups excluding carboxylic acids is 1. The molecule has 0 atom stereocenters. The molecule has 1 aromatic carbocycles. The zero-order valence-corrected chi connectivity index (χ0v) is 13.4. The zero-order valence-electron chi connectivity index (χ0n) is 12.6. The molecule has 1 N–H and O–H groups in total. The van der Waals surface area contributed by atoms with E-state index in [9.17, 15) is 22.4 Å². The standard InChI is InChI=1S/C15H18F4N2O.ClH/c1-20-9-10-4-6-21(7-5-10)14(22)11-2-3-13(16)12(8-11)15(17,18)19;/h2-3,8,10,20H,4-7,9H2,1H3;1H. The van der Waals surface area contributed by atoms with Gasteiger partial charge >= 0.3 is 6.18 Å². The van der Waals surface area contributed by atoms with Gasteiger partial charge in [0.15, 0.2) is 0 Å². The molecule has 1 saturated heterocycles. The Balaban J connectivity index is 0.00000264. The first-order valence-electron chi connectivity index (χ1n) is 7.13. The third kappa shape index (κ3) is 4.81. The summed E-state index contributed by atoms with van der Waals surface area (Å²) in [4.78, 5) is 13.8. The highest BCUT2D eigenvalue weighted by Crippen LogP contribution is 2.32. The summed E-state index contributed by atoms with van der Waals surface area (Å²) in [6.07, 6.45) is -3.19. The minimum Gasteiger partial charge on any atom is -0.339 e. The molecule has 1 amide bonds. The van der Waals surface area contributed by atoms with Crippen LogP contribution in [-0.4, -0.2) is 37.5 Å². The second-order valence-corrected chi connectivity index (χ2v) is 5.49. The van der Waals surface area contributed by atoms with Gasteiger partial charge in [-0.3, -0.25) is 4.79 Å².